The smallest absolute Gasteiger partial charge is 0.225 e. The van der Waals surface area contributed by atoms with Crippen LogP contribution in [0.3, 0.4) is 0 Å². The Kier molecular flexibility index (Phi) is 5.04. The molecule has 0 saturated carbocycles. The Labute approximate surface area is 112 Å². The van der Waals surface area contributed by atoms with E-state index in [1.54, 1.807) is 0 Å². The molecular formula is C15H28N2O. The van der Waals surface area contributed by atoms with E-state index in [9.17, 15) is 4.79 Å². The van der Waals surface area contributed by atoms with Gasteiger partial charge in [-0.3, -0.25) is 4.79 Å². The van der Waals surface area contributed by atoms with Crippen molar-refractivity contribution in [2.24, 2.45) is 5.92 Å². The second-order valence-electron chi connectivity index (χ2n) is 6.17. The highest BCUT2D eigenvalue weighted by molar-refractivity contribution is 5.78. The molecule has 1 amide bonds. The van der Waals surface area contributed by atoms with Crippen LogP contribution in [0, 0.1) is 5.92 Å². The molecule has 0 radical (unpaired) electrons. The molecule has 18 heavy (non-hydrogen) atoms. The van der Waals surface area contributed by atoms with Crippen LogP contribution in [-0.2, 0) is 4.79 Å². The largest absolute Gasteiger partial charge is 0.339 e. The number of carbonyl (C=O) groups excluding carboxylic acids is 1. The summed E-state index contributed by atoms with van der Waals surface area (Å²) in [4.78, 5) is 16.9. The summed E-state index contributed by atoms with van der Waals surface area (Å²) in [6, 6.07) is 0.509. The fraction of sp³-hybridized carbons (Fsp3) is 0.933. The zero-order chi connectivity index (χ0) is 13.0. The van der Waals surface area contributed by atoms with Gasteiger partial charge in [0.2, 0.25) is 5.91 Å². The fourth-order valence-electron chi connectivity index (χ4n) is 3.26. The van der Waals surface area contributed by atoms with Crippen LogP contribution in [0.5, 0.6) is 0 Å². The number of hydrogen-bond donors (Lipinski definition) is 0. The molecule has 2 fully saturated rings. The van der Waals surface area contributed by atoms with E-state index in [1.165, 1.54) is 58.2 Å². The average Bonchev–Trinajstić information content (AvgIpc) is 2.89. The number of likely N-dealkylation sites (tertiary alicyclic amines) is 2. The quantitative estimate of drug-likeness (QED) is 0.767. The van der Waals surface area contributed by atoms with E-state index >= 15 is 0 Å². The van der Waals surface area contributed by atoms with E-state index in [2.05, 4.69) is 9.80 Å². The number of nitrogens with zero attached hydrogens (tertiary/aromatic N) is 2. The standard InChI is InChI=1S/C15H28N2O/c1-13(2)15(18)17-11-4-3-7-14(17)8-12-16-9-5-6-10-16/h13-14H,3-12H2,1-2H3/t14-/m1/s1. The van der Waals surface area contributed by atoms with E-state index in [4.69, 9.17) is 0 Å². The Bertz CT molecular complexity index is 272. The normalized spacial score (nSPS) is 25.9. The summed E-state index contributed by atoms with van der Waals surface area (Å²) in [5, 5.41) is 0. The van der Waals surface area contributed by atoms with Crippen molar-refractivity contribution in [3.63, 3.8) is 0 Å². The molecule has 104 valence electrons. The summed E-state index contributed by atoms with van der Waals surface area (Å²) in [6.07, 6.45) is 7.61. The molecule has 0 aromatic rings. The molecule has 2 heterocycles. The van der Waals surface area contributed by atoms with Gasteiger partial charge in [0.15, 0.2) is 0 Å². The molecule has 0 aliphatic carbocycles. The topological polar surface area (TPSA) is 23.6 Å². The molecule has 0 unspecified atom stereocenters. The van der Waals surface area contributed by atoms with Gasteiger partial charge >= 0.3 is 0 Å². The van der Waals surface area contributed by atoms with E-state index < -0.39 is 0 Å². The SMILES string of the molecule is CC(C)C(=O)N1CCCC[C@@H]1CCN1CCCC1. The maximum atomic E-state index is 12.2. The first kappa shape index (κ1) is 13.9. The molecule has 2 aliphatic heterocycles. The average molecular weight is 252 g/mol. The summed E-state index contributed by atoms with van der Waals surface area (Å²) in [5.74, 6) is 0.513. The van der Waals surface area contributed by atoms with E-state index in [0.29, 0.717) is 11.9 Å². The minimum atomic E-state index is 0.150. The lowest BCUT2D eigenvalue weighted by Gasteiger charge is -2.37. The lowest BCUT2D eigenvalue weighted by molar-refractivity contribution is -0.138. The van der Waals surface area contributed by atoms with Gasteiger partial charge < -0.3 is 9.80 Å². The second-order valence-corrected chi connectivity index (χ2v) is 6.17. The molecule has 3 nitrogen and oxygen atoms in total. The van der Waals surface area contributed by atoms with Crippen molar-refractivity contribution in [3.05, 3.63) is 0 Å². The third-order valence-electron chi connectivity index (χ3n) is 4.38. The summed E-state index contributed by atoms with van der Waals surface area (Å²) in [6.45, 7) is 8.76. The highest BCUT2D eigenvalue weighted by Gasteiger charge is 2.28. The Balaban J connectivity index is 1.84. The van der Waals surface area contributed by atoms with Crippen LogP contribution in [0.25, 0.3) is 0 Å². The van der Waals surface area contributed by atoms with Gasteiger partial charge in [0, 0.05) is 25.0 Å². The van der Waals surface area contributed by atoms with Crippen LogP contribution in [0.2, 0.25) is 0 Å². The minimum absolute atomic E-state index is 0.150. The van der Waals surface area contributed by atoms with Gasteiger partial charge in [0.1, 0.15) is 0 Å². The van der Waals surface area contributed by atoms with Crippen molar-refractivity contribution < 1.29 is 4.79 Å². The van der Waals surface area contributed by atoms with E-state index in [0.717, 1.165) is 6.54 Å². The third-order valence-corrected chi connectivity index (χ3v) is 4.38. The number of amides is 1. The molecule has 3 heteroatoms. The summed E-state index contributed by atoms with van der Waals surface area (Å²) in [7, 11) is 0. The van der Waals surface area contributed by atoms with Crippen molar-refractivity contribution in [1.29, 1.82) is 0 Å². The number of carbonyl (C=O) groups is 1. The van der Waals surface area contributed by atoms with Crippen molar-refractivity contribution >= 4 is 5.91 Å². The molecule has 0 spiro atoms. The van der Waals surface area contributed by atoms with Gasteiger partial charge in [-0.2, -0.15) is 0 Å². The first-order valence-corrected chi connectivity index (χ1v) is 7.71. The predicted octanol–water partition coefficient (Wildman–Crippen LogP) is 2.51. The molecule has 2 aliphatic rings. The van der Waals surface area contributed by atoms with Crippen molar-refractivity contribution in [3.8, 4) is 0 Å². The van der Waals surface area contributed by atoms with Gasteiger partial charge in [-0.05, 0) is 51.6 Å². The first-order chi connectivity index (χ1) is 8.68. The Morgan fingerprint density at radius 3 is 2.44 bits per heavy atom. The van der Waals surface area contributed by atoms with Gasteiger partial charge in [0.05, 0.1) is 0 Å². The van der Waals surface area contributed by atoms with Crippen LogP contribution in [-0.4, -0.2) is 47.9 Å². The van der Waals surface area contributed by atoms with Crippen LogP contribution in [0.4, 0.5) is 0 Å². The predicted molar refractivity (Wildman–Crippen MR) is 74.5 cm³/mol. The number of hydrogen-bond acceptors (Lipinski definition) is 2. The lowest BCUT2D eigenvalue weighted by Crippen LogP contribution is -2.46. The lowest BCUT2D eigenvalue weighted by atomic mass is 9.97. The van der Waals surface area contributed by atoms with Crippen LogP contribution in [0.1, 0.15) is 52.4 Å². The van der Waals surface area contributed by atoms with E-state index in [1.807, 2.05) is 13.8 Å². The van der Waals surface area contributed by atoms with E-state index in [-0.39, 0.29) is 5.92 Å². The molecular weight excluding hydrogens is 224 g/mol. The van der Waals surface area contributed by atoms with Gasteiger partial charge in [0.25, 0.3) is 0 Å². The Morgan fingerprint density at radius 1 is 1.11 bits per heavy atom. The molecule has 1 atom stereocenters. The molecule has 0 aromatic heterocycles. The second kappa shape index (κ2) is 6.55. The number of rotatable bonds is 4. The molecule has 0 bridgehead atoms. The van der Waals surface area contributed by atoms with Gasteiger partial charge in [-0.1, -0.05) is 13.8 Å². The maximum Gasteiger partial charge on any atom is 0.225 e. The van der Waals surface area contributed by atoms with Crippen LogP contribution < -0.4 is 0 Å². The van der Waals surface area contributed by atoms with Crippen molar-refractivity contribution in [2.75, 3.05) is 26.2 Å². The van der Waals surface area contributed by atoms with Gasteiger partial charge in [-0.15, -0.1) is 0 Å². The van der Waals surface area contributed by atoms with Crippen molar-refractivity contribution in [2.45, 2.75) is 58.4 Å². The van der Waals surface area contributed by atoms with Gasteiger partial charge in [-0.25, -0.2) is 0 Å². The first-order valence-electron chi connectivity index (χ1n) is 7.71. The summed E-state index contributed by atoms with van der Waals surface area (Å²) >= 11 is 0. The summed E-state index contributed by atoms with van der Waals surface area (Å²) < 4.78 is 0. The minimum Gasteiger partial charge on any atom is -0.339 e. The fourth-order valence-corrected chi connectivity index (χ4v) is 3.26. The zero-order valence-corrected chi connectivity index (χ0v) is 12.0. The summed E-state index contributed by atoms with van der Waals surface area (Å²) in [5.41, 5.74) is 0. The van der Waals surface area contributed by atoms with Crippen LogP contribution in [0.15, 0.2) is 0 Å². The Morgan fingerprint density at radius 2 is 1.78 bits per heavy atom. The number of piperidine rings is 1. The Hall–Kier alpha value is -0.570. The monoisotopic (exact) mass is 252 g/mol. The molecule has 0 aromatic carbocycles. The molecule has 2 rings (SSSR count). The van der Waals surface area contributed by atoms with Crippen LogP contribution >= 0.6 is 0 Å². The molecule has 2 saturated heterocycles. The third kappa shape index (κ3) is 3.47. The highest BCUT2D eigenvalue weighted by atomic mass is 16.2. The highest BCUT2D eigenvalue weighted by Crippen LogP contribution is 2.22. The van der Waals surface area contributed by atoms with Crippen molar-refractivity contribution in [1.82, 2.24) is 9.80 Å². The maximum absolute atomic E-state index is 12.2. The molecule has 0 N–H and O–H groups in total. The zero-order valence-electron chi connectivity index (χ0n) is 12.0.